The van der Waals surface area contributed by atoms with E-state index in [0.717, 1.165) is 35.4 Å². The largest absolute Gasteiger partial charge is 0.486 e. The third-order valence-corrected chi connectivity index (χ3v) is 5.80. The Kier molecular flexibility index (Phi) is 4.85. The number of para-hydroxylation sites is 1. The molecule has 2 aliphatic rings. The van der Waals surface area contributed by atoms with Crippen LogP contribution in [0.1, 0.15) is 29.8 Å². The van der Waals surface area contributed by atoms with Gasteiger partial charge in [0, 0.05) is 24.0 Å². The first-order valence-corrected chi connectivity index (χ1v) is 10.3. The first-order valence-electron chi connectivity index (χ1n) is 10.3. The summed E-state index contributed by atoms with van der Waals surface area (Å²) in [5.41, 5.74) is 3.05. The van der Waals surface area contributed by atoms with Gasteiger partial charge < -0.3 is 19.7 Å². The van der Waals surface area contributed by atoms with E-state index in [1.54, 1.807) is 12.1 Å². The molecule has 7 nitrogen and oxygen atoms in total. The van der Waals surface area contributed by atoms with E-state index in [-0.39, 0.29) is 17.4 Å². The molecular weight excluding hydrogens is 404 g/mol. The van der Waals surface area contributed by atoms with Crippen LogP contribution in [0.5, 0.6) is 5.75 Å². The number of benzene rings is 1. The second-order valence-electron chi connectivity index (χ2n) is 7.91. The van der Waals surface area contributed by atoms with E-state index in [2.05, 4.69) is 25.4 Å². The number of ether oxygens (including phenoxy) is 2. The van der Waals surface area contributed by atoms with Crippen molar-refractivity contribution in [1.82, 2.24) is 15.2 Å². The monoisotopic (exact) mass is 427 g/mol. The SMILES string of the molecule is Cc1nnc(N[C@H](C)c2cccc3c2OCC3(F)F)c2cc(N3CCOCC3)cnc12. The van der Waals surface area contributed by atoms with Crippen molar-refractivity contribution in [3.63, 3.8) is 0 Å². The second-order valence-corrected chi connectivity index (χ2v) is 7.91. The average molecular weight is 427 g/mol. The molecule has 4 heterocycles. The summed E-state index contributed by atoms with van der Waals surface area (Å²) >= 11 is 0. The number of alkyl halides is 2. The lowest BCUT2D eigenvalue weighted by atomic mass is 10.0. The highest BCUT2D eigenvalue weighted by Crippen LogP contribution is 2.45. The number of nitrogens with one attached hydrogen (secondary N) is 1. The quantitative estimate of drug-likeness (QED) is 0.679. The van der Waals surface area contributed by atoms with E-state index >= 15 is 0 Å². The van der Waals surface area contributed by atoms with E-state index < -0.39 is 12.5 Å². The molecule has 0 unspecified atom stereocenters. The maximum atomic E-state index is 14.1. The van der Waals surface area contributed by atoms with Crippen molar-refractivity contribution in [1.29, 1.82) is 0 Å². The Labute approximate surface area is 178 Å². The molecule has 2 aromatic heterocycles. The topological polar surface area (TPSA) is 72.4 Å². The summed E-state index contributed by atoms with van der Waals surface area (Å²) in [6.45, 7) is 6.07. The predicted molar refractivity (Wildman–Crippen MR) is 113 cm³/mol. The van der Waals surface area contributed by atoms with Crippen LogP contribution in [0.4, 0.5) is 20.3 Å². The van der Waals surface area contributed by atoms with Crippen molar-refractivity contribution >= 4 is 22.4 Å². The van der Waals surface area contributed by atoms with Gasteiger partial charge in [0.15, 0.2) is 12.4 Å². The molecule has 9 heteroatoms. The molecule has 31 heavy (non-hydrogen) atoms. The molecule has 0 saturated carbocycles. The minimum Gasteiger partial charge on any atom is -0.486 e. The number of fused-ring (bicyclic) bond motifs is 2. The van der Waals surface area contributed by atoms with Crippen LogP contribution in [0.2, 0.25) is 0 Å². The maximum absolute atomic E-state index is 14.1. The Morgan fingerprint density at radius 1 is 1.19 bits per heavy atom. The van der Waals surface area contributed by atoms with E-state index in [0.29, 0.717) is 24.6 Å². The predicted octanol–water partition coefficient (Wildman–Crippen LogP) is 3.83. The fourth-order valence-electron chi connectivity index (χ4n) is 4.12. The molecule has 1 saturated heterocycles. The lowest BCUT2D eigenvalue weighted by Crippen LogP contribution is -2.36. The van der Waals surface area contributed by atoms with Crippen molar-refractivity contribution in [3.8, 4) is 5.75 Å². The molecule has 0 radical (unpaired) electrons. The number of anilines is 2. The first-order chi connectivity index (χ1) is 14.9. The molecular formula is C22H23F2N5O2. The second kappa shape index (κ2) is 7.56. The van der Waals surface area contributed by atoms with Gasteiger partial charge >= 0.3 is 5.92 Å². The molecule has 5 rings (SSSR count). The van der Waals surface area contributed by atoms with Crippen LogP contribution >= 0.6 is 0 Å². The normalized spacial score (nSPS) is 18.5. The Hall–Kier alpha value is -3.07. The highest BCUT2D eigenvalue weighted by atomic mass is 19.3. The van der Waals surface area contributed by atoms with Crippen LogP contribution in [0.25, 0.3) is 10.9 Å². The van der Waals surface area contributed by atoms with Gasteiger partial charge in [-0.25, -0.2) is 0 Å². The van der Waals surface area contributed by atoms with Gasteiger partial charge in [0.1, 0.15) is 5.75 Å². The van der Waals surface area contributed by atoms with Crippen molar-refractivity contribution < 1.29 is 18.3 Å². The summed E-state index contributed by atoms with van der Waals surface area (Å²) in [5.74, 6) is -2.18. The molecule has 1 aromatic carbocycles. The van der Waals surface area contributed by atoms with Crippen molar-refractivity contribution in [2.75, 3.05) is 43.1 Å². The zero-order valence-electron chi connectivity index (χ0n) is 17.4. The zero-order chi connectivity index (χ0) is 21.6. The van der Waals surface area contributed by atoms with E-state index in [1.807, 2.05) is 26.1 Å². The first kappa shape index (κ1) is 19.9. The van der Waals surface area contributed by atoms with Crippen LogP contribution in [-0.4, -0.2) is 48.1 Å². The summed E-state index contributed by atoms with van der Waals surface area (Å²) in [5, 5.41) is 12.7. The fraction of sp³-hybridized carbons (Fsp3) is 0.409. The number of rotatable bonds is 4. The molecule has 0 aliphatic carbocycles. The summed E-state index contributed by atoms with van der Waals surface area (Å²) in [6, 6.07) is 6.56. The minimum atomic E-state index is -2.97. The molecule has 3 aromatic rings. The number of aromatic nitrogens is 3. The Morgan fingerprint density at radius 3 is 2.81 bits per heavy atom. The molecule has 162 valence electrons. The highest BCUT2D eigenvalue weighted by molar-refractivity contribution is 5.92. The standard InChI is InChI=1S/C22H23F2N5O2/c1-13(16-4-3-5-18-20(16)31-12-22(18,23)24)26-21-17-10-15(29-6-8-30-9-7-29)11-25-19(17)14(2)27-28-21/h3-5,10-11,13H,6-9,12H2,1-2H3,(H,26,28)/t13-/m1/s1. The van der Waals surface area contributed by atoms with Crippen LogP contribution in [0, 0.1) is 6.92 Å². The van der Waals surface area contributed by atoms with Crippen molar-refractivity contribution in [2.45, 2.75) is 25.8 Å². The van der Waals surface area contributed by atoms with Crippen molar-refractivity contribution in [3.05, 3.63) is 47.3 Å². The summed E-state index contributed by atoms with van der Waals surface area (Å²) < 4.78 is 39.0. The van der Waals surface area contributed by atoms with Crippen LogP contribution in [0.3, 0.4) is 0 Å². The lowest BCUT2D eigenvalue weighted by Gasteiger charge is -2.28. The van der Waals surface area contributed by atoms with E-state index in [9.17, 15) is 8.78 Å². The Morgan fingerprint density at radius 2 is 2.00 bits per heavy atom. The van der Waals surface area contributed by atoms with Gasteiger partial charge in [-0.05, 0) is 26.0 Å². The summed E-state index contributed by atoms with van der Waals surface area (Å²) in [6.07, 6.45) is 1.84. The van der Waals surface area contributed by atoms with Gasteiger partial charge in [-0.3, -0.25) is 4.98 Å². The van der Waals surface area contributed by atoms with Crippen LogP contribution < -0.4 is 15.0 Å². The van der Waals surface area contributed by atoms with Crippen LogP contribution in [-0.2, 0) is 10.7 Å². The number of nitrogens with zero attached hydrogens (tertiary/aromatic N) is 4. The number of aryl methyl sites for hydroxylation is 1. The summed E-state index contributed by atoms with van der Waals surface area (Å²) in [7, 11) is 0. The van der Waals surface area contributed by atoms with Gasteiger partial charge in [-0.2, -0.15) is 13.9 Å². The molecule has 0 spiro atoms. The number of hydrogen-bond donors (Lipinski definition) is 1. The lowest BCUT2D eigenvalue weighted by molar-refractivity contribution is -0.0214. The zero-order valence-corrected chi connectivity index (χ0v) is 17.4. The van der Waals surface area contributed by atoms with E-state index in [1.165, 1.54) is 6.07 Å². The minimum absolute atomic E-state index is 0.0743. The molecule has 1 atom stereocenters. The summed E-state index contributed by atoms with van der Waals surface area (Å²) in [4.78, 5) is 6.85. The van der Waals surface area contributed by atoms with E-state index in [4.69, 9.17) is 9.47 Å². The van der Waals surface area contributed by atoms with Gasteiger partial charge in [-0.15, -0.1) is 5.10 Å². The molecule has 1 N–H and O–H groups in total. The molecule has 0 amide bonds. The number of pyridine rings is 1. The third kappa shape index (κ3) is 3.52. The fourth-order valence-corrected chi connectivity index (χ4v) is 4.12. The smallest absolute Gasteiger partial charge is 0.310 e. The van der Waals surface area contributed by atoms with Gasteiger partial charge in [-0.1, -0.05) is 12.1 Å². The molecule has 2 aliphatic heterocycles. The average Bonchev–Trinajstić information content (AvgIpc) is 3.11. The number of halogens is 2. The Balaban J connectivity index is 1.50. The number of morpholine rings is 1. The Bertz CT molecular complexity index is 1130. The highest BCUT2D eigenvalue weighted by Gasteiger charge is 2.42. The molecule has 1 fully saturated rings. The van der Waals surface area contributed by atoms with Crippen molar-refractivity contribution in [2.24, 2.45) is 0 Å². The molecule has 0 bridgehead atoms. The van der Waals surface area contributed by atoms with Gasteiger partial charge in [0.2, 0.25) is 0 Å². The van der Waals surface area contributed by atoms with Gasteiger partial charge in [0.05, 0.1) is 47.9 Å². The van der Waals surface area contributed by atoms with Gasteiger partial charge in [0.25, 0.3) is 0 Å². The maximum Gasteiger partial charge on any atom is 0.310 e. The van der Waals surface area contributed by atoms with Crippen LogP contribution in [0.15, 0.2) is 30.5 Å². The third-order valence-electron chi connectivity index (χ3n) is 5.80. The number of hydrogen-bond acceptors (Lipinski definition) is 7.